The molecular formula is C18H15NO3. The number of terminal acetylenes is 1. The minimum absolute atomic E-state index is 0.182. The lowest BCUT2D eigenvalue weighted by Gasteiger charge is -2.17. The van der Waals surface area contributed by atoms with Crippen LogP contribution in [0.1, 0.15) is 33.9 Å². The lowest BCUT2D eigenvalue weighted by molar-refractivity contribution is -0.137. The predicted octanol–water partition coefficient (Wildman–Crippen LogP) is 2.61. The molecule has 1 atom stereocenters. The van der Waals surface area contributed by atoms with Gasteiger partial charge in [-0.1, -0.05) is 36.3 Å². The molecule has 4 heteroatoms. The molecule has 2 aromatic carbocycles. The summed E-state index contributed by atoms with van der Waals surface area (Å²) in [5.74, 6) is 1.17. The molecule has 2 aromatic rings. The number of hydrogen-bond donors (Lipinski definition) is 2. The Morgan fingerprint density at radius 2 is 1.73 bits per heavy atom. The monoisotopic (exact) mass is 293 g/mol. The van der Waals surface area contributed by atoms with Crippen LogP contribution in [0.2, 0.25) is 0 Å². The molecule has 0 radical (unpaired) electrons. The van der Waals surface area contributed by atoms with E-state index in [9.17, 15) is 9.59 Å². The predicted molar refractivity (Wildman–Crippen MR) is 83.3 cm³/mol. The van der Waals surface area contributed by atoms with Crippen LogP contribution >= 0.6 is 0 Å². The van der Waals surface area contributed by atoms with Crippen molar-refractivity contribution in [3.8, 4) is 12.3 Å². The molecule has 0 bridgehead atoms. The Hall–Kier alpha value is -3.06. The van der Waals surface area contributed by atoms with Crippen molar-refractivity contribution in [3.63, 3.8) is 0 Å². The van der Waals surface area contributed by atoms with Crippen LogP contribution in [0, 0.1) is 12.3 Å². The van der Waals surface area contributed by atoms with Gasteiger partial charge in [-0.3, -0.25) is 9.59 Å². The number of hydrogen-bond acceptors (Lipinski definition) is 2. The number of benzene rings is 2. The van der Waals surface area contributed by atoms with E-state index in [-0.39, 0.29) is 12.3 Å². The topological polar surface area (TPSA) is 66.4 Å². The zero-order chi connectivity index (χ0) is 15.9. The fraction of sp³-hybridized carbons (Fsp3) is 0.111. The number of carbonyl (C=O) groups is 2. The maximum absolute atomic E-state index is 12.3. The highest BCUT2D eigenvalue weighted by Gasteiger charge is 2.18. The van der Waals surface area contributed by atoms with Crippen LogP contribution in [0.5, 0.6) is 0 Å². The van der Waals surface area contributed by atoms with Gasteiger partial charge in [0.05, 0.1) is 12.5 Å². The van der Waals surface area contributed by atoms with Gasteiger partial charge >= 0.3 is 5.97 Å². The second-order valence-electron chi connectivity index (χ2n) is 4.76. The van der Waals surface area contributed by atoms with E-state index in [0.717, 1.165) is 5.56 Å². The van der Waals surface area contributed by atoms with Crippen molar-refractivity contribution in [1.29, 1.82) is 0 Å². The summed E-state index contributed by atoms with van der Waals surface area (Å²) in [5.41, 5.74) is 1.87. The van der Waals surface area contributed by atoms with Crippen molar-refractivity contribution in [1.82, 2.24) is 5.32 Å². The Balaban J connectivity index is 2.17. The first-order valence-corrected chi connectivity index (χ1v) is 6.74. The largest absolute Gasteiger partial charge is 0.481 e. The van der Waals surface area contributed by atoms with Crippen LogP contribution in [0.25, 0.3) is 0 Å². The molecule has 1 unspecified atom stereocenters. The summed E-state index contributed by atoms with van der Waals surface area (Å²) in [6, 6.07) is 15.0. The summed E-state index contributed by atoms with van der Waals surface area (Å²) in [6.45, 7) is 0. The standard InChI is InChI=1S/C18H15NO3/c1-2-13-8-10-15(11-9-13)18(22)19-16(12-17(20)21)14-6-4-3-5-7-14/h1,3-11,16H,12H2,(H,19,22)(H,20,21). The molecule has 0 heterocycles. The van der Waals surface area contributed by atoms with Crippen molar-refractivity contribution < 1.29 is 14.7 Å². The Kier molecular flexibility index (Phi) is 4.94. The molecule has 110 valence electrons. The summed E-state index contributed by atoms with van der Waals surface area (Å²) in [4.78, 5) is 23.3. The van der Waals surface area contributed by atoms with Gasteiger partial charge in [0.25, 0.3) is 5.91 Å². The minimum Gasteiger partial charge on any atom is -0.481 e. The third-order valence-corrected chi connectivity index (χ3v) is 3.20. The number of amides is 1. The second-order valence-corrected chi connectivity index (χ2v) is 4.76. The highest BCUT2D eigenvalue weighted by atomic mass is 16.4. The van der Waals surface area contributed by atoms with Gasteiger partial charge in [-0.15, -0.1) is 6.42 Å². The molecule has 4 nitrogen and oxygen atoms in total. The van der Waals surface area contributed by atoms with Crippen LogP contribution in [0.15, 0.2) is 54.6 Å². The van der Waals surface area contributed by atoms with Gasteiger partial charge in [0.1, 0.15) is 0 Å². The zero-order valence-electron chi connectivity index (χ0n) is 11.8. The van der Waals surface area contributed by atoms with Crippen LogP contribution in [0.3, 0.4) is 0 Å². The molecule has 0 aliphatic rings. The highest BCUT2D eigenvalue weighted by Crippen LogP contribution is 2.17. The van der Waals surface area contributed by atoms with E-state index in [1.165, 1.54) is 0 Å². The van der Waals surface area contributed by atoms with E-state index in [2.05, 4.69) is 11.2 Å². The van der Waals surface area contributed by atoms with E-state index in [0.29, 0.717) is 11.1 Å². The third-order valence-electron chi connectivity index (χ3n) is 3.20. The van der Waals surface area contributed by atoms with Crippen LogP contribution in [0.4, 0.5) is 0 Å². The van der Waals surface area contributed by atoms with Gasteiger partial charge in [-0.25, -0.2) is 0 Å². The average Bonchev–Trinajstić information content (AvgIpc) is 2.54. The maximum Gasteiger partial charge on any atom is 0.305 e. The SMILES string of the molecule is C#Cc1ccc(C(=O)NC(CC(=O)O)c2ccccc2)cc1. The second kappa shape index (κ2) is 7.09. The molecule has 0 aliphatic heterocycles. The summed E-state index contributed by atoms with van der Waals surface area (Å²) < 4.78 is 0. The normalized spacial score (nSPS) is 11.2. The van der Waals surface area contributed by atoms with Gasteiger partial charge in [-0.2, -0.15) is 0 Å². The highest BCUT2D eigenvalue weighted by molar-refractivity contribution is 5.94. The van der Waals surface area contributed by atoms with Gasteiger partial charge in [0.15, 0.2) is 0 Å². The Morgan fingerprint density at radius 3 is 2.27 bits per heavy atom. The average molecular weight is 293 g/mol. The Bertz CT molecular complexity index is 699. The summed E-state index contributed by atoms with van der Waals surface area (Å²) in [5, 5.41) is 11.8. The zero-order valence-corrected chi connectivity index (χ0v) is 11.8. The van der Waals surface area contributed by atoms with E-state index in [1.807, 2.05) is 6.07 Å². The smallest absolute Gasteiger partial charge is 0.305 e. The number of carboxylic acids is 1. The molecule has 2 rings (SSSR count). The lowest BCUT2D eigenvalue weighted by Crippen LogP contribution is -2.30. The molecule has 2 N–H and O–H groups in total. The summed E-state index contributed by atoms with van der Waals surface area (Å²) in [6.07, 6.45) is 5.09. The van der Waals surface area contributed by atoms with E-state index in [1.54, 1.807) is 48.5 Å². The molecule has 22 heavy (non-hydrogen) atoms. The molecule has 1 amide bonds. The molecule has 0 fully saturated rings. The number of carbonyl (C=O) groups excluding carboxylic acids is 1. The molecule has 0 spiro atoms. The fourth-order valence-electron chi connectivity index (χ4n) is 2.07. The van der Waals surface area contributed by atoms with Gasteiger partial charge in [0, 0.05) is 11.1 Å². The van der Waals surface area contributed by atoms with Crippen molar-refractivity contribution >= 4 is 11.9 Å². The number of carboxylic acid groups (broad SMARTS) is 1. The minimum atomic E-state index is -0.975. The first-order valence-electron chi connectivity index (χ1n) is 6.74. The quantitative estimate of drug-likeness (QED) is 0.833. The fourth-order valence-corrected chi connectivity index (χ4v) is 2.07. The van der Waals surface area contributed by atoms with Crippen LogP contribution < -0.4 is 5.32 Å². The van der Waals surface area contributed by atoms with Gasteiger partial charge in [-0.05, 0) is 29.8 Å². The first kappa shape index (κ1) is 15.3. The molecule has 0 aliphatic carbocycles. The third kappa shape index (κ3) is 3.97. The Morgan fingerprint density at radius 1 is 1.09 bits per heavy atom. The Labute approximate surface area is 128 Å². The van der Waals surface area contributed by atoms with Crippen LogP contribution in [-0.4, -0.2) is 17.0 Å². The van der Waals surface area contributed by atoms with E-state index in [4.69, 9.17) is 11.5 Å². The number of nitrogens with one attached hydrogen (secondary N) is 1. The van der Waals surface area contributed by atoms with Crippen molar-refractivity contribution in [3.05, 3.63) is 71.3 Å². The first-order chi connectivity index (χ1) is 10.6. The maximum atomic E-state index is 12.3. The van der Waals surface area contributed by atoms with E-state index >= 15 is 0 Å². The van der Waals surface area contributed by atoms with Gasteiger partial charge < -0.3 is 10.4 Å². The molecule has 0 aromatic heterocycles. The summed E-state index contributed by atoms with van der Waals surface area (Å²) in [7, 11) is 0. The van der Waals surface area contributed by atoms with Crippen molar-refractivity contribution in [2.24, 2.45) is 0 Å². The van der Waals surface area contributed by atoms with E-state index < -0.39 is 12.0 Å². The van der Waals surface area contributed by atoms with Gasteiger partial charge in [0.2, 0.25) is 0 Å². The van der Waals surface area contributed by atoms with Crippen LogP contribution in [-0.2, 0) is 4.79 Å². The van der Waals surface area contributed by atoms with Crippen molar-refractivity contribution in [2.45, 2.75) is 12.5 Å². The lowest BCUT2D eigenvalue weighted by atomic mass is 10.0. The molecule has 0 saturated carbocycles. The summed E-state index contributed by atoms with van der Waals surface area (Å²) >= 11 is 0. The number of rotatable bonds is 5. The number of aliphatic carboxylic acids is 1. The molecular weight excluding hydrogens is 278 g/mol. The molecule has 0 saturated heterocycles. The van der Waals surface area contributed by atoms with Crippen molar-refractivity contribution in [2.75, 3.05) is 0 Å².